The van der Waals surface area contributed by atoms with Crippen molar-refractivity contribution in [3.8, 4) is 11.5 Å². The Balaban J connectivity index is 1.62. The van der Waals surface area contributed by atoms with Crippen molar-refractivity contribution in [3.63, 3.8) is 0 Å². The van der Waals surface area contributed by atoms with Crippen LogP contribution in [0.5, 0.6) is 11.5 Å². The molecule has 3 rings (SSSR count). The van der Waals surface area contributed by atoms with Gasteiger partial charge in [0.1, 0.15) is 11.5 Å². The fraction of sp³-hybridized carbons (Fsp3) is 0.0833. The predicted molar refractivity (Wildman–Crippen MR) is 124 cm³/mol. The molecule has 3 amide bonds. The number of phenolic OH excluding ortho intramolecular Hbond substituents is 1. The Hall–Kier alpha value is -4.66. The van der Waals surface area contributed by atoms with Gasteiger partial charge in [0.05, 0.1) is 24.1 Å². The molecule has 3 aromatic carbocycles. The second kappa shape index (κ2) is 11.1. The molecule has 0 atom stereocenters. The molecule has 0 bridgehead atoms. The topological polar surface area (TPSA) is 129 Å². The second-order valence-electron chi connectivity index (χ2n) is 6.71. The molecule has 0 heterocycles. The highest BCUT2D eigenvalue weighted by molar-refractivity contribution is 6.40. The molecular weight excluding hydrogens is 424 g/mol. The van der Waals surface area contributed by atoms with Crippen LogP contribution in [-0.2, 0) is 9.59 Å². The van der Waals surface area contributed by atoms with E-state index in [0.29, 0.717) is 23.6 Å². The van der Waals surface area contributed by atoms with Crippen molar-refractivity contribution in [1.29, 1.82) is 0 Å². The third-order valence-corrected chi connectivity index (χ3v) is 4.30. The van der Waals surface area contributed by atoms with Gasteiger partial charge in [-0.15, -0.1) is 0 Å². The molecule has 168 valence electrons. The van der Waals surface area contributed by atoms with Crippen molar-refractivity contribution in [2.24, 2.45) is 5.10 Å². The van der Waals surface area contributed by atoms with E-state index in [2.05, 4.69) is 21.2 Å². The normalized spacial score (nSPS) is 10.5. The standard InChI is InChI=1S/C24H22N4O5/c1-2-33-19-12-10-17(11-13-19)26-22(30)20-8-3-4-9-21(20)27-23(31)24(32)28-25-15-16-6-5-7-18(29)14-16/h3-15,29H,2H2,1H3,(H,26,30)(H,27,31)(H,28,32)/b25-15-. The minimum atomic E-state index is -1.02. The summed E-state index contributed by atoms with van der Waals surface area (Å²) in [6, 6.07) is 19.4. The van der Waals surface area contributed by atoms with E-state index in [0.717, 1.165) is 0 Å². The minimum absolute atomic E-state index is 0.0446. The Kier molecular flexibility index (Phi) is 7.74. The lowest BCUT2D eigenvalue weighted by atomic mass is 10.1. The number of phenols is 1. The third kappa shape index (κ3) is 6.66. The molecule has 0 unspecified atom stereocenters. The number of rotatable bonds is 7. The molecule has 0 aliphatic carbocycles. The van der Waals surface area contributed by atoms with E-state index in [1.54, 1.807) is 48.5 Å². The van der Waals surface area contributed by atoms with Crippen LogP contribution in [0.3, 0.4) is 0 Å². The molecule has 0 fully saturated rings. The largest absolute Gasteiger partial charge is 0.508 e. The van der Waals surface area contributed by atoms with Crippen molar-refractivity contribution in [2.45, 2.75) is 6.92 Å². The van der Waals surface area contributed by atoms with E-state index < -0.39 is 17.7 Å². The summed E-state index contributed by atoms with van der Waals surface area (Å²) < 4.78 is 5.37. The van der Waals surface area contributed by atoms with Crippen molar-refractivity contribution in [3.05, 3.63) is 83.9 Å². The van der Waals surface area contributed by atoms with Gasteiger partial charge in [0.2, 0.25) is 0 Å². The molecule has 4 N–H and O–H groups in total. The molecule has 0 aromatic heterocycles. The van der Waals surface area contributed by atoms with Crippen LogP contribution >= 0.6 is 0 Å². The third-order valence-electron chi connectivity index (χ3n) is 4.30. The molecule has 0 saturated heterocycles. The maximum absolute atomic E-state index is 12.7. The van der Waals surface area contributed by atoms with Crippen molar-refractivity contribution >= 4 is 35.3 Å². The Labute approximate surface area is 190 Å². The SMILES string of the molecule is CCOc1ccc(NC(=O)c2ccccc2NC(=O)C(=O)N/N=C\c2cccc(O)c2)cc1. The Bertz CT molecular complexity index is 1180. The van der Waals surface area contributed by atoms with Crippen LogP contribution in [0, 0.1) is 0 Å². The average Bonchev–Trinajstić information content (AvgIpc) is 2.81. The van der Waals surface area contributed by atoms with Gasteiger partial charge in [-0.1, -0.05) is 24.3 Å². The van der Waals surface area contributed by atoms with E-state index in [1.165, 1.54) is 30.5 Å². The number of nitrogens with one attached hydrogen (secondary N) is 3. The van der Waals surface area contributed by atoms with Gasteiger partial charge in [-0.05, 0) is 61.0 Å². The van der Waals surface area contributed by atoms with Crippen LogP contribution < -0.4 is 20.8 Å². The molecule has 9 nitrogen and oxygen atoms in total. The molecule has 0 radical (unpaired) electrons. The van der Waals surface area contributed by atoms with Gasteiger partial charge in [-0.2, -0.15) is 5.10 Å². The summed E-state index contributed by atoms with van der Waals surface area (Å²) in [4.78, 5) is 37.0. The van der Waals surface area contributed by atoms with Gasteiger partial charge in [0, 0.05) is 5.69 Å². The summed E-state index contributed by atoms with van der Waals surface area (Å²) >= 11 is 0. The van der Waals surface area contributed by atoms with E-state index in [9.17, 15) is 19.5 Å². The number of hydrogen-bond acceptors (Lipinski definition) is 6. The molecule has 3 aromatic rings. The van der Waals surface area contributed by atoms with Crippen LogP contribution in [0.25, 0.3) is 0 Å². The fourth-order valence-corrected chi connectivity index (χ4v) is 2.79. The highest BCUT2D eigenvalue weighted by atomic mass is 16.5. The van der Waals surface area contributed by atoms with Crippen LogP contribution in [0.4, 0.5) is 11.4 Å². The number of ether oxygens (including phenoxy) is 1. The molecule has 0 aliphatic rings. The van der Waals surface area contributed by atoms with Gasteiger partial charge < -0.3 is 20.5 Å². The predicted octanol–water partition coefficient (Wildman–Crippen LogP) is 3.13. The highest BCUT2D eigenvalue weighted by Gasteiger charge is 2.17. The molecule has 0 saturated carbocycles. The first-order valence-electron chi connectivity index (χ1n) is 10.0. The lowest BCUT2D eigenvalue weighted by Crippen LogP contribution is -2.33. The van der Waals surface area contributed by atoms with Crippen molar-refractivity contribution < 1.29 is 24.2 Å². The zero-order valence-electron chi connectivity index (χ0n) is 17.7. The molecular formula is C24H22N4O5. The number of carbonyl (C=O) groups excluding carboxylic acids is 3. The summed E-state index contributed by atoms with van der Waals surface area (Å²) in [5, 5.41) is 18.3. The first-order chi connectivity index (χ1) is 16.0. The zero-order chi connectivity index (χ0) is 23.6. The second-order valence-corrected chi connectivity index (χ2v) is 6.71. The van der Waals surface area contributed by atoms with E-state index in [-0.39, 0.29) is 17.0 Å². The number of hydrazone groups is 1. The van der Waals surface area contributed by atoms with Gasteiger partial charge in [-0.25, -0.2) is 5.43 Å². The fourth-order valence-electron chi connectivity index (χ4n) is 2.79. The summed E-state index contributed by atoms with van der Waals surface area (Å²) in [6.45, 7) is 2.41. The number of benzene rings is 3. The zero-order valence-corrected chi connectivity index (χ0v) is 17.7. The number of anilines is 2. The van der Waals surface area contributed by atoms with E-state index >= 15 is 0 Å². The maximum Gasteiger partial charge on any atom is 0.329 e. The van der Waals surface area contributed by atoms with E-state index in [4.69, 9.17) is 4.74 Å². The monoisotopic (exact) mass is 446 g/mol. The molecule has 9 heteroatoms. The quantitative estimate of drug-likeness (QED) is 0.252. The number of hydrogen-bond donors (Lipinski definition) is 4. The van der Waals surface area contributed by atoms with Crippen LogP contribution in [-0.4, -0.2) is 35.6 Å². The summed E-state index contributed by atoms with van der Waals surface area (Å²) in [7, 11) is 0. The van der Waals surface area contributed by atoms with Gasteiger partial charge in [-0.3, -0.25) is 14.4 Å². The van der Waals surface area contributed by atoms with Gasteiger partial charge >= 0.3 is 11.8 Å². The number of nitrogens with zero attached hydrogens (tertiary/aromatic N) is 1. The van der Waals surface area contributed by atoms with Crippen LogP contribution in [0.2, 0.25) is 0 Å². The Morgan fingerprint density at radius 2 is 1.70 bits per heavy atom. The molecule has 0 aliphatic heterocycles. The summed E-state index contributed by atoms with van der Waals surface area (Å²) in [5.41, 5.74) is 3.52. The Morgan fingerprint density at radius 3 is 2.42 bits per heavy atom. The van der Waals surface area contributed by atoms with Crippen molar-refractivity contribution in [2.75, 3.05) is 17.2 Å². The number of amides is 3. The minimum Gasteiger partial charge on any atom is -0.508 e. The number of para-hydroxylation sites is 1. The maximum atomic E-state index is 12.7. The van der Waals surface area contributed by atoms with Crippen molar-refractivity contribution in [1.82, 2.24) is 5.43 Å². The number of carbonyl (C=O) groups is 3. The van der Waals surface area contributed by atoms with Crippen LogP contribution in [0.15, 0.2) is 77.9 Å². The summed E-state index contributed by atoms with van der Waals surface area (Å²) in [6.07, 6.45) is 1.28. The van der Waals surface area contributed by atoms with Crippen LogP contribution in [0.1, 0.15) is 22.8 Å². The average molecular weight is 446 g/mol. The summed E-state index contributed by atoms with van der Waals surface area (Å²) in [5.74, 6) is -1.75. The lowest BCUT2D eigenvalue weighted by molar-refractivity contribution is -0.136. The van der Waals surface area contributed by atoms with Gasteiger partial charge in [0.15, 0.2) is 0 Å². The smallest absolute Gasteiger partial charge is 0.329 e. The number of aromatic hydroxyl groups is 1. The first kappa shape index (κ1) is 23.0. The molecule has 0 spiro atoms. The van der Waals surface area contributed by atoms with Gasteiger partial charge in [0.25, 0.3) is 5.91 Å². The first-order valence-corrected chi connectivity index (χ1v) is 10.0. The lowest BCUT2D eigenvalue weighted by Gasteiger charge is -2.11. The molecule has 33 heavy (non-hydrogen) atoms. The van der Waals surface area contributed by atoms with E-state index in [1.807, 2.05) is 6.92 Å². The highest BCUT2D eigenvalue weighted by Crippen LogP contribution is 2.19. The Morgan fingerprint density at radius 1 is 0.939 bits per heavy atom.